The van der Waals surface area contributed by atoms with E-state index in [-0.39, 0.29) is 16.5 Å². The molecule has 0 aromatic heterocycles. The minimum absolute atomic E-state index is 0.113. The number of benzene rings is 1. The van der Waals surface area contributed by atoms with Gasteiger partial charge in [-0.25, -0.2) is 4.79 Å². The van der Waals surface area contributed by atoms with Crippen LogP contribution in [0.3, 0.4) is 0 Å². The maximum Gasteiger partial charge on any atom is 0.339 e. The number of nitrogens with one attached hydrogen (secondary N) is 1. The molecule has 1 aliphatic heterocycles. The topological polar surface area (TPSA) is 55.4 Å². The third kappa shape index (κ3) is 1.76. The van der Waals surface area contributed by atoms with Gasteiger partial charge in [-0.1, -0.05) is 17.7 Å². The minimum Gasteiger partial charge on any atom is -0.462 e. The highest BCUT2D eigenvalue weighted by atomic mass is 35.5. The van der Waals surface area contributed by atoms with Crippen LogP contribution < -0.4 is 5.32 Å². The molecule has 16 heavy (non-hydrogen) atoms. The molecular formula is C11H10ClNO3. The molecule has 0 saturated heterocycles. The number of halogens is 1. The molecular weight excluding hydrogens is 230 g/mol. The summed E-state index contributed by atoms with van der Waals surface area (Å²) in [5, 5.41) is 2.88. The summed E-state index contributed by atoms with van der Waals surface area (Å²) in [4.78, 5) is 22.7. The van der Waals surface area contributed by atoms with E-state index in [0.29, 0.717) is 18.7 Å². The number of amides is 1. The second kappa shape index (κ2) is 4.14. The van der Waals surface area contributed by atoms with Crippen LogP contribution in [0, 0.1) is 0 Å². The van der Waals surface area contributed by atoms with Crippen LogP contribution in [0.25, 0.3) is 0 Å². The van der Waals surface area contributed by atoms with E-state index in [2.05, 4.69) is 5.32 Å². The number of carbonyl (C=O) groups excluding carboxylic acids is 2. The van der Waals surface area contributed by atoms with Crippen LogP contribution in [0.2, 0.25) is 5.02 Å². The zero-order valence-corrected chi connectivity index (χ0v) is 9.43. The summed E-state index contributed by atoms with van der Waals surface area (Å²) in [6.07, 6.45) is 0.304. The van der Waals surface area contributed by atoms with Gasteiger partial charge in [-0.2, -0.15) is 0 Å². The molecule has 0 spiro atoms. The molecule has 1 heterocycles. The molecule has 1 aromatic carbocycles. The highest BCUT2D eigenvalue weighted by molar-refractivity contribution is 6.37. The van der Waals surface area contributed by atoms with Crippen molar-refractivity contribution in [3.63, 3.8) is 0 Å². The Kier molecular flexibility index (Phi) is 2.83. The van der Waals surface area contributed by atoms with Gasteiger partial charge < -0.3 is 10.1 Å². The van der Waals surface area contributed by atoms with Crippen molar-refractivity contribution >= 4 is 29.2 Å². The number of carbonyl (C=O) groups is 2. The second-order valence-electron chi connectivity index (χ2n) is 3.41. The zero-order valence-electron chi connectivity index (χ0n) is 8.67. The Balaban J connectivity index is 2.40. The third-order valence-electron chi connectivity index (χ3n) is 2.34. The first kappa shape index (κ1) is 11.0. The van der Waals surface area contributed by atoms with E-state index in [1.807, 2.05) is 0 Å². The fourth-order valence-electron chi connectivity index (χ4n) is 1.62. The molecule has 1 amide bonds. The molecule has 5 heteroatoms. The fraction of sp³-hybridized carbons (Fsp3) is 0.273. The van der Waals surface area contributed by atoms with E-state index in [0.717, 1.165) is 5.56 Å². The lowest BCUT2D eigenvalue weighted by Crippen LogP contribution is -2.07. The molecule has 0 unspecified atom stereocenters. The Labute approximate surface area is 97.5 Å². The van der Waals surface area contributed by atoms with Crippen molar-refractivity contribution in [1.29, 1.82) is 0 Å². The Morgan fingerprint density at radius 1 is 1.56 bits per heavy atom. The number of hydrogen-bond donors (Lipinski definition) is 1. The molecule has 0 atom stereocenters. The Morgan fingerprint density at radius 2 is 2.31 bits per heavy atom. The van der Waals surface area contributed by atoms with E-state index in [4.69, 9.17) is 16.3 Å². The molecule has 1 N–H and O–H groups in total. The summed E-state index contributed by atoms with van der Waals surface area (Å²) in [6, 6.07) is 3.30. The number of esters is 1. The second-order valence-corrected chi connectivity index (χ2v) is 3.78. The van der Waals surface area contributed by atoms with Crippen molar-refractivity contribution < 1.29 is 14.3 Å². The van der Waals surface area contributed by atoms with E-state index >= 15 is 0 Å². The summed E-state index contributed by atoms with van der Waals surface area (Å²) >= 11 is 6.03. The monoisotopic (exact) mass is 239 g/mol. The molecule has 0 saturated carbocycles. The largest absolute Gasteiger partial charge is 0.462 e. The number of ether oxygens (including phenoxy) is 1. The quantitative estimate of drug-likeness (QED) is 0.804. The summed E-state index contributed by atoms with van der Waals surface area (Å²) in [6.45, 7) is 2.01. The first-order valence-corrected chi connectivity index (χ1v) is 5.29. The highest BCUT2D eigenvalue weighted by Crippen LogP contribution is 2.34. The van der Waals surface area contributed by atoms with Crippen molar-refractivity contribution in [3.05, 3.63) is 28.3 Å². The van der Waals surface area contributed by atoms with E-state index < -0.39 is 5.97 Å². The van der Waals surface area contributed by atoms with Gasteiger partial charge in [0.25, 0.3) is 0 Å². The average Bonchev–Trinajstić information content (AvgIpc) is 2.60. The summed E-state index contributed by atoms with van der Waals surface area (Å²) in [7, 11) is 0. The average molecular weight is 240 g/mol. The van der Waals surface area contributed by atoms with Gasteiger partial charge in [-0.3, -0.25) is 4.79 Å². The molecule has 0 bridgehead atoms. The van der Waals surface area contributed by atoms with Crippen LogP contribution >= 0.6 is 11.6 Å². The summed E-state index contributed by atoms with van der Waals surface area (Å²) in [5.41, 5.74) is 1.62. The molecule has 4 nitrogen and oxygen atoms in total. The van der Waals surface area contributed by atoms with Gasteiger partial charge in [0.15, 0.2) is 0 Å². The Hall–Kier alpha value is -1.55. The van der Waals surface area contributed by atoms with Crippen LogP contribution in [0.5, 0.6) is 0 Å². The first-order chi connectivity index (χ1) is 7.63. The lowest BCUT2D eigenvalue weighted by atomic mass is 10.1. The summed E-state index contributed by atoms with van der Waals surface area (Å²) < 4.78 is 4.86. The van der Waals surface area contributed by atoms with Crippen molar-refractivity contribution in [2.45, 2.75) is 13.3 Å². The Bertz CT molecular complexity index is 471. The smallest absolute Gasteiger partial charge is 0.339 e. The molecule has 1 aromatic rings. The van der Waals surface area contributed by atoms with E-state index in [9.17, 15) is 9.59 Å². The van der Waals surface area contributed by atoms with Crippen LogP contribution in [0.4, 0.5) is 5.69 Å². The molecule has 2 rings (SSSR count). The maximum absolute atomic E-state index is 11.5. The van der Waals surface area contributed by atoms with E-state index in [1.54, 1.807) is 19.1 Å². The molecule has 0 aliphatic carbocycles. The number of rotatable bonds is 2. The Morgan fingerprint density at radius 3 is 3.00 bits per heavy atom. The number of hydrogen-bond acceptors (Lipinski definition) is 3. The van der Waals surface area contributed by atoms with Gasteiger partial charge in [0.1, 0.15) is 0 Å². The normalized spacial score (nSPS) is 13.2. The van der Waals surface area contributed by atoms with Crippen molar-refractivity contribution in [1.82, 2.24) is 0 Å². The summed E-state index contributed by atoms with van der Waals surface area (Å²) in [5.74, 6) is -0.589. The van der Waals surface area contributed by atoms with Crippen LogP contribution in [-0.4, -0.2) is 18.5 Å². The van der Waals surface area contributed by atoms with Crippen LogP contribution in [0.15, 0.2) is 12.1 Å². The zero-order chi connectivity index (χ0) is 11.7. The SMILES string of the molecule is CCOC(=O)c1ccc2c(c1Cl)NC(=O)C2. The van der Waals surface area contributed by atoms with Gasteiger partial charge >= 0.3 is 5.97 Å². The third-order valence-corrected chi connectivity index (χ3v) is 2.73. The predicted octanol–water partition coefficient (Wildman–Crippen LogP) is 2.01. The number of fused-ring (bicyclic) bond motifs is 1. The predicted molar refractivity (Wildman–Crippen MR) is 59.7 cm³/mol. The van der Waals surface area contributed by atoms with Crippen LogP contribution in [-0.2, 0) is 16.0 Å². The lowest BCUT2D eigenvalue weighted by Gasteiger charge is -2.07. The van der Waals surface area contributed by atoms with Gasteiger partial charge in [0.05, 0.1) is 29.3 Å². The minimum atomic E-state index is -0.476. The van der Waals surface area contributed by atoms with Gasteiger partial charge in [0.2, 0.25) is 5.91 Å². The van der Waals surface area contributed by atoms with Gasteiger partial charge in [-0.05, 0) is 18.6 Å². The van der Waals surface area contributed by atoms with Gasteiger partial charge in [-0.15, -0.1) is 0 Å². The first-order valence-electron chi connectivity index (χ1n) is 4.91. The molecule has 1 aliphatic rings. The fourth-order valence-corrected chi connectivity index (χ4v) is 1.93. The van der Waals surface area contributed by atoms with Crippen LogP contribution in [0.1, 0.15) is 22.8 Å². The molecule has 0 fully saturated rings. The lowest BCUT2D eigenvalue weighted by molar-refractivity contribution is -0.115. The van der Waals surface area contributed by atoms with Crippen molar-refractivity contribution in [2.24, 2.45) is 0 Å². The highest BCUT2D eigenvalue weighted by Gasteiger charge is 2.24. The van der Waals surface area contributed by atoms with Crippen molar-refractivity contribution in [2.75, 3.05) is 11.9 Å². The van der Waals surface area contributed by atoms with Gasteiger partial charge in [0, 0.05) is 0 Å². The standard InChI is InChI=1S/C11H10ClNO3/c1-2-16-11(15)7-4-3-6-5-8(14)13-10(6)9(7)12/h3-4H,2,5H2,1H3,(H,13,14). The molecule has 84 valence electrons. The maximum atomic E-state index is 11.5. The molecule has 0 radical (unpaired) electrons. The number of anilines is 1. The van der Waals surface area contributed by atoms with Crippen molar-refractivity contribution in [3.8, 4) is 0 Å². The van der Waals surface area contributed by atoms with E-state index in [1.165, 1.54) is 0 Å².